The molecule has 2 aliphatic carbocycles. The third kappa shape index (κ3) is 2.28. The zero-order chi connectivity index (χ0) is 16.2. The Kier molecular flexibility index (Phi) is 3.12. The number of hydrogen-bond donors (Lipinski definition) is 0. The molecule has 1 aliphatic heterocycles. The smallest absolute Gasteiger partial charge is 0.163 e. The van der Waals surface area contributed by atoms with Gasteiger partial charge in [0.15, 0.2) is 11.6 Å². The van der Waals surface area contributed by atoms with Gasteiger partial charge in [-0.1, -0.05) is 13.8 Å². The number of hydrogen-bond acceptors (Lipinski definition) is 4. The fourth-order valence-corrected chi connectivity index (χ4v) is 3.99. The molecule has 0 aromatic carbocycles. The molecule has 4 rings (SSSR count). The summed E-state index contributed by atoms with van der Waals surface area (Å²) in [7, 11) is 0. The molecule has 1 aromatic rings. The lowest BCUT2D eigenvalue weighted by Gasteiger charge is -2.39. The second kappa shape index (κ2) is 4.95. The molecule has 0 N–H and O–H groups in total. The van der Waals surface area contributed by atoms with Gasteiger partial charge in [0, 0.05) is 36.8 Å². The normalized spacial score (nSPS) is 26.8. The first kappa shape index (κ1) is 14.5. The van der Waals surface area contributed by atoms with Gasteiger partial charge in [-0.15, -0.1) is 0 Å². The predicted octanol–water partition coefficient (Wildman–Crippen LogP) is 4.04. The molecule has 0 saturated carbocycles. The molecule has 0 saturated heterocycles. The molecule has 3 aliphatic rings. The van der Waals surface area contributed by atoms with Crippen LogP contribution in [0.3, 0.4) is 0 Å². The molecule has 4 heteroatoms. The van der Waals surface area contributed by atoms with E-state index in [0.29, 0.717) is 29.7 Å². The molecule has 2 heterocycles. The summed E-state index contributed by atoms with van der Waals surface area (Å²) in [5.41, 5.74) is 1.16. The van der Waals surface area contributed by atoms with Crippen molar-refractivity contribution < 1.29 is 18.7 Å². The van der Waals surface area contributed by atoms with Gasteiger partial charge >= 0.3 is 0 Å². The van der Waals surface area contributed by atoms with Crippen LogP contribution >= 0.6 is 0 Å². The maximum atomic E-state index is 12.8. The molecule has 0 bridgehead atoms. The highest BCUT2D eigenvalue weighted by atomic mass is 16.5. The van der Waals surface area contributed by atoms with Crippen LogP contribution < -0.4 is 0 Å². The van der Waals surface area contributed by atoms with Gasteiger partial charge in [0.05, 0.1) is 12.2 Å². The van der Waals surface area contributed by atoms with E-state index in [-0.39, 0.29) is 22.9 Å². The lowest BCUT2D eigenvalue weighted by molar-refractivity contribution is -0.119. The minimum Gasteiger partial charge on any atom is -0.468 e. The van der Waals surface area contributed by atoms with Crippen molar-refractivity contribution in [3.8, 4) is 0 Å². The minimum absolute atomic E-state index is 0.0718. The Morgan fingerprint density at radius 3 is 2.57 bits per heavy atom. The molecule has 0 amide bonds. The van der Waals surface area contributed by atoms with Crippen LogP contribution in [0.2, 0.25) is 0 Å². The Hall–Kier alpha value is -2.10. The molecule has 1 aromatic heterocycles. The number of carbonyl (C=O) groups excluding carboxylic acids is 2. The fourth-order valence-electron chi connectivity index (χ4n) is 3.99. The average Bonchev–Trinajstić information content (AvgIpc) is 2.97. The van der Waals surface area contributed by atoms with E-state index in [1.165, 1.54) is 0 Å². The first-order chi connectivity index (χ1) is 11.0. The van der Waals surface area contributed by atoms with E-state index >= 15 is 0 Å². The van der Waals surface area contributed by atoms with Crippen molar-refractivity contribution in [2.45, 2.75) is 51.9 Å². The quantitative estimate of drug-likeness (QED) is 0.785. The number of carbonyl (C=O) groups is 2. The highest BCUT2D eigenvalue weighted by Crippen LogP contribution is 2.50. The number of furan rings is 1. The first-order valence-electron chi connectivity index (χ1n) is 8.20. The largest absolute Gasteiger partial charge is 0.468 e. The van der Waals surface area contributed by atoms with Gasteiger partial charge in [0.25, 0.3) is 0 Å². The van der Waals surface area contributed by atoms with Crippen LogP contribution in [-0.4, -0.2) is 11.6 Å². The summed E-state index contributed by atoms with van der Waals surface area (Å²) >= 11 is 0. The van der Waals surface area contributed by atoms with Crippen molar-refractivity contribution in [1.29, 1.82) is 0 Å². The van der Waals surface area contributed by atoms with Crippen LogP contribution in [0.15, 0.2) is 45.5 Å². The van der Waals surface area contributed by atoms with Gasteiger partial charge in [0.2, 0.25) is 0 Å². The Morgan fingerprint density at radius 1 is 1.04 bits per heavy atom. The SMILES string of the molecule is CC1(C)CC(=O)C2=C(C1)OC1=C(C(=O)CCC1)C2c1ccco1. The van der Waals surface area contributed by atoms with E-state index in [9.17, 15) is 9.59 Å². The van der Waals surface area contributed by atoms with Crippen LogP contribution in [0.1, 0.15) is 57.6 Å². The molecule has 0 fully saturated rings. The molecule has 23 heavy (non-hydrogen) atoms. The highest BCUT2D eigenvalue weighted by Gasteiger charge is 2.46. The van der Waals surface area contributed by atoms with E-state index in [1.54, 1.807) is 12.3 Å². The van der Waals surface area contributed by atoms with Crippen LogP contribution in [0.5, 0.6) is 0 Å². The Bertz CT molecular complexity index is 746. The topological polar surface area (TPSA) is 56.5 Å². The number of ether oxygens (including phenoxy) is 1. The number of Topliss-reactive ketones (excluding diaryl/α,β-unsaturated/α-hetero) is 2. The summed E-state index contributed by atoms with van der Waals surface area (Å²) in [5.74, 6) is 1.91. The molecule has 0 spiro atoms. The van der Waals surface area contributed by atoms with Crippen molar-refractivity contribution in [2.75, 3.05) is 0 Å². The molecule has 1 atom stereocenters. The van der Waals surface area contributed by atoms with Gasteiger partial charge in [-0.25, -0.2) is 0 Å². The standard InChI is InChI=1S/C19H20O4/c1-19(2)9-12(21)17-15(10-19)23-14-6-3-5-11(20)16(14)18(17)13-7-4-8-22-13/h4,7-8,18H,3,5-6,9-10H2,1-2H3. The lowest BCUT2D eigenvalue weighted by atomic mass is 9.69. The highest BCUT2D eigenvalue weighted by molar-refractivity contribution is 6.05. The summed E-state index contributed by atoms with van der Waals surface area (Å²) in [5, 5.41) is 0. The fraction of sp³-hybridized carbons (Fsp3) is 0.474. The van der Waals surface area contributed by atoms with Crippen molar-refractivity contribution >= 4 is 11.6 Å². The van der Waals surface area contributed by atoms with Gasteiger partial charge in [-0.2, -0.15) is 0 Å². The molecule has 0 radical (unpaired) electrons. The van der Waals surface area contributed by atoms with Crippen molar-refractivity contribution in [1.82, 2.24) is 0 Å². The summed E-state index contributed by atoms with van der Waals surface area (Å²) in [4.78, 5) is 25.3. The summed E-state index contributed by atoms with van der Waals surface area (Å²) in [6, 6.07) is 3.65. The summed E-state index contributed by atoms with van der Waals surface area (Å²) in [6.07, 6.45) is 4.86. The van der Waals surface area contributed by atoms with Crippen LogP contribution in [0.4, 0.5) is 0 Å². The van der Waals surface area contributed by atoms with Crippen LogP contribution in [0, 0.1) is 5.41 Å². The van der Waals surface area contributed by atoms with Gasteiger partial charge < -0.3 is 9.15 Å². The molecule has 1 unspecified atom stereocenters. The molecular weight excluding hydrogens is 292 g/mol. The average molecular weight is 312 g/mol. The predicted molar refractivity (Wildman–Crippen MR) is 83.5 cm³/mol. The third-order valence-electron chi connectivity index (χ3n) is 4.94. The van der Waals surface area contributed by atoms with Crippen molar-refractivity contribution in [2.24, 2.45) is 5.41 Å². The molecular formula is C19H20O4. The molecule has 4 nitrogen and oxygen atoms in total. The zero-order valence-electron chi connectivity index (χ0n) is 13.5. The number of allylic oxidation sites excluding steroid dienone is 4. The van der Waals surface area contributed by atoms with E-state index in [2.05, 4.69) is 13.8 Å². The van der Waals surface area contributed by atoms with E-state index < -0.39 is 0 Å². The monoisotopic (exact) mass is 312 g/mol. The third-order valence-corrected chi connectivity index (χ3v) is 4.94. The summed E-state index contributed by atoms with van der Waals surface area (Å²) < 4.78 is 11.7. The number of rotatable bonds is 1. The van der Waals surface area contributed by atoms with Gasteiger partial charge in [0.1, 0.15) is 17.3 Å². The Morgan fingerprint density at radius 2 is 1.83 bits per heavy atom. The van der Waals surface area contributed by atoms with E-state index in [1.807, 2.05) is 6.07 Å². The van der Waals surface area contributed by atoms with Crippen molar-refractivity contribution in [3.05, 3.63) is 46.8 Å². The Balaban J connectivity index is 1.89. The molecule has 120 valence electrons. The lowest BCUT2D eigenvalue weighted by Crippen LogP contribution is -2.34. The number of ketones is 2. The van der Waals surface area contributed by atoms with Gasteiger partial charge in [-0.3, -0.25) is 9.59 Å². The zero-order valence-corrected chi connectivity index (χ0v) is 13.5. The maximum absolute atomic E-state index is 12.8. The minimum atomic E-state index is -0.389. The van der Waals surface area contributed by atoms with Crippen molar-refractivity contribution in [3.63, 3.8) is 0 Å². The second-order valence-electron chi connectivity index (χ2n) is 7.44. The maximum Gasteiger partial charge on any atom is 0.163 e. The van der Waals surface area contributed by atoms with Gasteiger partial charge in [-0.05, 0) is 24.0 Å². The van der Waals surface area contributed by atoms with E-state index in [0.717, 1.165) is 30.8 Å². The summed E-state index contributed by atoms with van der Waals surface area (Å²) in [6.45, 7) is 4.16. The van der Waals surface area contributed by atoms with Crippen LogP contribution in [-0.2, 0) is 14.3 Å². The first-order valence-corrected chi connectivity index (χ1v) is 8.20. The second-order valence-corrected chi connectivity index (χ2v) is 7.44. The van der Waals surface area contributed by atoms with Crippen LogP contribution in [0.25, 0.3) is 0 Å². The van der Waals surface area contributed by atoms with E-state index in [4.69, 9.17) is 9.15 Å². The Labute approximate surface area is 135 Å².